The van der Waals surface area contributed by atoms with Crippen LogP contribution in [-0.2, 0) is 0 Å². The Kier molecular flexibility index (Phi) is 4.49. The Bertz CT molecular complexity index is 1310. The quantitative estimate of drug-likeness (QED) is 0.481. The zero-order valence-corrected chi connectivity index (χ0v) is 16.5. The van der Waals surface area contributed by atoms with E-state index in [-0.39, 0.29) is 23.7 Å². The Morgan fingerprint density at radius 3 is 2.55 bits per heavy atom. The number of halogens is 3. The Morgan fingerprint density at radius 1 is 0.968 bits per heavy atom. The summed E-state index contributed by atoms with van der Waals surface area (Å²) < 4.78 is 52.9. The van der Waals surface area contributed by atoms with Crippen molar-refractivity contribution >= 4 is 5.65 Å². The van der Waals surface area contributed by atoms with E-state index in [1.54, 1.807) is 12.1 Å². The number of hydrogen-bond acceptors (Lipinski definition) is 6. The average Bonchev–Trinajstić information content (AvgIpc) is 3.50. The van der Waals surface area contributed by atoms with E-state index in [1.165, 1.54) is 26.5 Å². The van der Waals surface area contributed by atoms with Crippen LogP contribution in [0.25, 0.3) is 16.9 Å². The molecule has 10 heteroatoms. The van der Waals surface area contributed by atoms with E-state index in [1.807, 2.05) is 0 Å². The maximum Gasteiger partial charge on any atom is 0.319 e. The summed E-state index contributed by atoms with van der Waals surface area (Å²) in [5, 5.41) is 4.33. The largest absolute Gasteiger partial charge is 0.480 e. The first kappa shape index (κ1) is 19.3. The van der Waals surface area contributed by atoms with Crippen molar-refractivity contribution in [3.8, 4) is 23.1 Å². The molecule has 1 saturated carbocycles. The summed E-state index contributed by atoms with van der Waals surface area (Å²) in [4.78, 5) is 12.4. The van der Waals surface area contributed by atoms with Crippen molar-refractivity contribution < 1.29 is 22.6 Å². The van der Waals surface area contributed by atoms with Gasteiger partial charge >= 0.3 is 6.01 Å². The molecule has 0 aliphatic heterocycles. The van der Waals surface area contributed by atoms with Gasteiger partial charge in [0.25, 0.3) is 0 Å². The van der Waals surface area contributed by atoms with E-state index >= 15 is 0 Å². The molecule has 0 bridgehead atoms. The minimum Gasteiger partial charge on any atom is -0.480 e. The van der Waals surface area contributed by atoms with Crippen molar-refractivity contribution in [2.24, 2.45) is 0 Å². The van der Waals surface area contributed by atoms with Crippen LogP contribution in [0, 0.1) is 17.6 Å². The number of aromatic nitrogens is 5. The molecule has 4 aromatic rings. The number of nitrogens with zero attached hydrogens (tertiary/aromatic N) is 5. The first-order valence-corrected chi connectivity index (χ1v) is 9.44. The molecule has 0 spiro atoms. The fraction of sp³-hybridized carbons (Fsp3) is 0.238. The van der Waals surface area contributed by atoms with Gasteiger partial charge in [-0.2, -0.15) is 19.0 Å². The average molecular weight is 427 g/mol. The highest BCUT2D eigenvalue weighted by Gasteiger charge is 2.42. The van der Waals surface area contributed by atoms with Crippen LogP contribution >= 0.6 is 0 Å². The highest BCUT2D eigenvalue weighted by atomic mass is 19.2. The van der Waals surface area contributed by atoms with Crippen LogP contribution in [0.2, 0.25) is 0 Å². The zero-order chi connectivity index (χ0) is 21.7. The molecule has 3 aromatic heterocycles. The lowest BCUT2D eigenvalue weighted by Crippen LogP contribution is -2.04. The number of imidazole rings is 1. The predicted molar refractivity (Wildman–Crippen MR) is 104 cm³/mol. The Hall–Kier alpha value is -3.69. The summed E-state index contributed by atoms with van der Waals surface area (Å²) in [6, 6.07) is 5.78. The minimum atomic E-state index is -0.893. The van der Waals surface area contributed by atoms with Gasteiger partial charge < -0.3 is 9.47 Å². The highest BCUT2D eigenvalue weighted by molar-refractivity contribution is 5.68. The third-order valence-corrected chi connectivity index (χ3v) is 5.40. The predicted octanol–water partition coefficient (Wildman–Crippen LogP) is 3.89. The van der Waals surface area contributed by atoms with Gasteiger partial charge in [-0.15, -0.1) is 0 Å². The van der Waals surface area contributed by atoms with Crippen LogP contribution < -0.4 is 9.47 Å². The van der Waals surface area contributed by atoms with Crippen LogP contribution in [-0.4, -0.2) is 38.8 Å². The third kappa shape index (κ3) is 3.24. The number of fused-ring (bicyclic) bond motifs is 1. The van der Waals surface area contributed by atoms with Gasteiger partial charge in [-0.25, -0.2) is 18.7 Å². The fourth-order valence-electron chi connectivity index (χ4n) is 3.80. The second kappa shape index (κ2) is 7.22. The molecule has 158 valence electrons. The topological polar surface area (TPSA) is 74.4 Å². The SMILES string of the molecule is COc1ncc(-c2cc([C@H]3C[C@@H]3c3ccc(F)c(F)c3)c3ncc(F)n3n2)c(OC)n1. The molecular formula is C21H16F3N5O2. The van der Waals surface area contributed by atoms with E-state index in [0.29, 0.717) is 28.9 Å². The second-order valence-corrected chi connectivity index (χ2v) is 7.20. The molecule has 0 saturated heterocycles. The fourth-order valence-corrected chi connectivity index (χ4v) is 3.80. The van der Waals surface area contributed by atoms with Gasteiger partial charge in [0.15, 0.2) is 17.3 Å². The van der Waals surface area contributed by atoms with Crippen LogP contribution in [0.5, 0.6) is 11.9 Å². The summed E-state index contributed by atoms with van der Waals surface area (Å²) in [6.07, 6.45) is 3.26. The van der Waals surface area contributed by atoms with Gasteiger partial charge in [0.1, 0.15) is 0 Å². The molecule has 0 N–H and O–H groups in total. The lowest BCUT2D eigenvalue weighted by atomic mass is 10.0. The van der Waals surface area contributed by atoms with E-state index in [4.69, 9.17) is 9.47 Å². The summed E-state index contributed by atoms with van der Waals surface area (Å²) in [6.45, 7) is 0. The number of ether oxygens (including phenoxy) is 2. The summed E-state index contributed by atoms with van der Waals surface area (Å²) in [7, 11) is 2.88. The molecule has 1 fully saturated rings. The van der Waals surface area contributed by atoms with Crippen molar-refractivity contribution in [1.29, 1.82) is 0 Å². The molecule has 2 atom stereocenters. The molecule has 0 radical (unpaired) electrons. The Labute approximate surface area is 174 Å². The van der Waals surface area contributed by atoms with Gasteiger partial charge in [0.05, 0.1) is 31.7 Å². The molecule has 0 amide bonds. The number of hydrogen-bond donors (Lipinski definition) is 0. The van der Waals surface area contributed by atoms with Crippen molar-refractivity contribution in [3.05, 3.63) is 65.4 Å². The third-order valence-electron chi connectivity index (χ3n) is 5.40. The lowest BCUT2D eigenvalue weighted by Gasteiger charge is -2.11. The Balaban J connectivity index is 1.61. The van der Waals surface area contributed by atoms with E-state index < -0.39 is 17.6 Å². The number of methoxy groups -OCH3 is 2. The first-order valence-electron chi connectivity index (χ1n) is 9.44. The van der Waals surface area contributed by atoms with Crippen molar-refractivity contribution in [2.75, 3.05) is 14.2 Å². The molecule has 7 nitrogen and oxygen atoms in total. The molecular weight excluding hydrogens is 411 g/mol. The van der Waals surface area contributed by atoms with Crippen molar-refractivity contribution in [1.82, 2.24) is 24.6 Å². The molecule has 1 aliphatic rings. The lowest BCUT2D eigenvalue weighted by molar-refractivity contribution is 0.353. The first-order chi connectivity index (χ1) is 15.0. The maximum atomic E-state index is 14.4. The molecule has 31 heavy (non-hydrogen) atoms. The van der Waals surface area contributed by atoms with E-state index in [0.717, 1.165) is 22.3 Å². The van der Waals surface area contributed by atoms with E-state index in [9.17, 15) is 13.2 Å². The highest BCUT2D eigenvalue weighted by Crippen LogP contribution is 2.56. The monoisotopic (exact) mass is 427 g/mol. The second-order valence-electron chi connectivity index (χ2n) is 7.20. The van der Waals surface area contributed by atoms with Crippen LogP contribution in [0.1, 0.15) is 29.4 Å². The summed E-state index contributed by atoms with van der Waals surface area (Å²) in [5.41, 5.74) is 2.61. The molecule has 1 aliphatic carbocycles. The van der Waals surface area contributed by atoms with Gasteiger partial charge in [-0.1, -0.05) is 6.07 Å². The van der Waals surface area contributed by atoms with Gasteiger partial charge in [-0.3, -0.25) is 0 Å². The normalized spacial score (nSPS) is 17.7. The van der Waals surface area contributed by atoms with Crippen LogP contribution in [0.4, 0.5) is 13.2 Å². The van der Waals surface area contributed by atoms with Crippen molar-refractivity contribution in [3.63, 3.8) is 0 Å². The molecule has 1 aromatic carbocycles. The van der Waals surface area contributed by atoms with Crippen molar-refractivity contribution in [2.45, 2.75) is 18.3 Å². The Morgan fingerprint density at radius 2 is 1.81 bits per heavy atom. The smallest absolute Gasteiger partial charge is 0.319 e. The van der Waals surface area contributed by atoms with E-state index in [2.05, 4.69) is 20.1 Å². The minimum absolute atomic E-state index is 0.0390. The molecule has 3 heterocycles. The zero-order valence-electron chi connectivity index (χ0n) is 16.5. The summed E-state index contributed by atoms with van der Waals surface area (Å²) >= 11 is 0. The van der Waals surface area contributed by atoms with Crippen LogP contribution in [0.3, 0.4) is 0 Å². The number of benzene rings is 1. The molecule has 0 unspecified atom stereocenters. The summed E-state index contributed by atoms with van der Waals surface area (Å²) in [5.74, 6) is -2.29. The van der Waals surface area contributed by atoms with Gasteiger partial charge in [0, 0.05) is 11.8 Å². The number of rotatable bonds is 5. The van der Waals surface area contributed by atoms with Crippen LogP contribution in [0.15, 0.2) is 36.7 Å². The standard InChI is InChI=1S/C21H16F3N5O2/c1-30-20-14(8-26-21(27-20)31-2)17-7-13(19-25-9-18(24)29(19)28-17)12-6-11(12)10-3-4-15(22)16(23)5-10/h3-5,7-9,11-12H,6H2,1-2H3/t11-,12+/m1/s1. The van der Waals surface area contributed by atoms with Gasteiger partial charge in [0.2, 0.25) is 11.8 Å². The molecule has 5 rings (SSSR count). The maximum absolute atomic E-state index is 14.4. The van der Waals surface area contributed by atoms with Gasteiger partial charge in [-0.05, 0) is 42.0 Å².